The summed E-state index contributed by atoms with van der Waals surface area (Å²) in [5.41, 5.74) is 1.31. The molecule has 0 radical (unpaired) electrons. The molecule has 1 N–H and O–H groups in total. The molecular formula is C14H19N3O2S2. The Hall–Kier alpha value is -1.21. The number of aromatic amines is 1. The van der Waals surface area contributed by atoms with Crippen LogP contribution in [0.2, 0.25) is 0 Å². The Bertz CT molecular complexity index is 793. The molecule has 0 aliphatic heterocycles. The smallest absolute Gasteiger partial charge is 0.291 e. The second-order valence-electron chi connectivity index (χ2n) is 5.58. The summed E-state index contributed by atoms with van der Waals surface area (Å²) in [4.78, 5) is 31.5. The first-order chi connectivity index (χ1) is 9.75. The van der Waals surface area contributed by atoms with Crippen molar-refractivity contribution < 1.29 is 0 Å². The van der Waals surface area contributed by atoms with Gasteiger partial charge in [-0.2, -0.15) is 25.3 Å². The Balaban J connectivity index is 2.53. The van der Waals surface area contributed by atoms with Crippen LogP contribution in [0.15, 0.2) is 15.7 Å². The highest BCUT2D eigenvalue weighted by atomic mass is 32.1. The SMILES string of the molecule is Cc1cc2c(=O)n(CC[C@@](C)(S)CS)c(=O)[nH]c2nc1C. The van der Waals surface area contributed by atoms with Gasteiger partial charge >= 0.3 is 5.69 Å². The largest absolute Gasteiger partial charge is 0.329 e. The summed E-state index contributed by atoms with van der Waals surface area (Å²) in [5, 5.41) is 0.435. The van der Waals surface area contributed by atoms with Crippen LogP contribution < -0.4 is 11.2 Å². The van der Waals surface area contributed by atoms with Gasteiger partial charge in [-0.3, -0.25) is 14.3 Å². The average molecular weight is 325 g/mol. The van der Waals surface area contributed by atoms with E-state index < -0.39 is 5.69 Å². The number of rotatable bonds is 4. The zero-order valence-electron chi connectivity index (χ0n) is 12.3. The Kier molecular flexibility index (Phi) is 4.53. The van der Waals surface area contributed by atoms with E-state index in [0.29, 0.717) is 29.8 Å². The van der Waals surface area contributed by atoms with Gasteiger partial charge in [0.15, 0.2) is 0 Å². The van der Waals surface area contributed by atoms with Crippen LogP contribution in [0.25, 0.3) is 11.0 Å². The van der Waals surface area contributed by atoms with Crippen molar-refractivity contribution in [1.29, 1.82) is 0 Å². The first kappa shape index (κ1) is 16.2. The summed E-state index contributed by atoms with van der Waals surface area (Å²) in [7, 11) is 0. The van der Waals surface area contributed by atoms with Crippen molar-refractivity contribution in [2.45, 2.75) is 38.5 Å². The Morgan fingerprint density at radius 3 is 2.67 bits per heavy atom. The van der Waals surface area contributed by atoms with Gasteiger partial charge < -0.3 is 0 Å². The molecule has 2 aromatic heterocycles. The number of H-pyrrole nitrogens is 1. The fraction of sp³-hybridized carbons (Fsp3) is 0.500. The lowest BCUT2D eigenvalue weighted by Crippen LogP contribution is -2.37. The van der Waals surface area contributed by atoms with Crippen molar-refractivity contribution >= 4 is 36.3 Å². The fourth-order valence-corrected chi connectivity index (χ4v) is 2.26. The van der Waals surface area contributed by atoms with E-state index >= 15 is 0 Å². The fourth-order valence-electron chi connectivity index (χ4n) is 2.00. The number of fused-ring (bicyclic) bond motifs is 1. The van der Waals surface area contributed by atoms with E-state index in [1.165, 1.54) is 4.57 Å². The molecule has 2 heterocycles. The average Bonchev–Trinajstić information content (AvgIpc) is 2.41. The molecular weight excluding hydrogens is 306 g/mol. The topological polar surface area (TPSA) is 67.8 Å². The second kappa shape index (κ2) is 5.88. The number of nitrogens with zero attached hydrogens (tertiary/aromatic N) is 2. The Morgan fingerprint density at radius 1 is 1.38 bits per heavy atom. The van der Waals surface area contributed by atoms with Crippen LogP contribution >= 0.6 is 25.3 Å². The number of hydrogen-bond donors (Lipinski definition) is 3. The van der Waals surface area contributed by atoms with Gasteiger partial charge in [0.2, 0.25) is 0 Å². The minimum absolute atomic E-state index is 0.303. The molecule has 2 rings (SSSR count). The summed E-state index contributed by atoms with van der Waals surface area (Å²) in [6, 6.07) is 1.77. The van der Waals surface area contributed by atoms with Gasteiger partial charge in [-0.05, 0) is 38.8 Å². The predicted octanol–water partition coefficient (Wildman–Crippen LogP) is 1.71. The van der Waals surface area contributed by atoms with E-state index in [9.17, 15) is 9.59 Å². The third-order valence-corrected chi connectivity index (χ3v) is 4.96. The standard InChI is InChI=1S/C14H19N3O2S2/c1-8-6-10-11(15-9(8)2)16-13(19)17(12(10)18)5-4-14(3,21)7-20/h6,20-21H,4-5,7H2,1-3H3,(H,15,16,19)/t14-/m1/s1. The molecule has 0 aromatic carbocycles. The van der Waals surface area contributed by atoms with Crippen LogP contribution in [0, 0.1) is 13.8 Å². The molecule has 0 aliphatic carbocycles. The highest BCUT2D eigenvalue weighted by molar-refractivity contribution is 7.85. The lowest BCUT2D eigenvalue weighted by atomic mass is 10.1. The van der Waals surface area contributed by atoms with E-state index in [-0.39, 0.29) is 10.3 Å². The van der Waals surface area contributed by atoms with Crippen LogP contribution in [0.4, 0.5) is 0 Å². The molecule has 0 bridgehead atoms. The van der Waals surface area contributed by atoms with E-state index in [4.69, 9.17) is 0 Å². The minimum atomic E-state index is -0.438. The van der Waals surface area contributed by atoms with E-state index in [0.717, 1.165) is 11.3 Å². The maximum atomic E-state index is 12.5. The zero-order valence-corrected chi connectivity index (χ0v) is 14.1. The van der Waals surface area contributed by atoms with Gasteiger partial charge in [-0.1, -0.05) is 0 Å². The molecule has 114 valence electrons. The van der Waals surface area contributed by atoms with Crippen LogP contribution in [-0.2, 0) is 6.54 Å². The molecule has 5 nitrogen and oxygen atoms in total. The molecule has 0 amide bonds. The van der Waals surface area contributed by atoms with Crippen molar-refractivity contribution in [2.75, 3.05) is 5.75 Å². The van der Waals surface area contributed by atoms with Gasteiger partial charge in [-0.15, -0.1) is 0 Å². The summed E-state index contributed by atoms with van der Waals surface area (Å²) in [6.45, 7) is 5.97. The molecule has 0 unspecified atom stereocenters. The van der Waals surface area contributed by atoms with Crippen molar-refractivity contribution in [2.24, 2.45) is 0 Å². The minimum Gasteiger partial charge on any atom is -0.291 e. The second-order valence-corrected chi connectivity index (χ2v) is 6.97. The predicted molar refractivity (Wildman–Crippen MR) is 92.0 cm³/mol. The molecule has 0 spiro atoms. The van der Waals surface area contributed by atoms with Crippen molar-refractivity contribution in [1.82, 2.24) is 14.5 Å². The van der Waals surface area contributed by atoms with Crippen LogP contribution in [0.1, 0.15) is 24.6 Å². The highest BCUT2D eigenvalue weighted by Crippen LogP contribution is 2.20. The number of nitrogens with one attached hydrogen (secondary N) is 1. The van der Waals surface area contributed by atoms with Gasteiger partial charge in [0.25, 0.3) is 5.56 Å². The van der Waals surface area contributed by atoms with Gasteiger partial charge in [0.05, 0.1) is 5.39 Å². The van der Waals surface area contributed by atoms with Crippen molar-refractivity contribution in [3.05, 3.63) is 38.2 Å². The Morgan fingerprint density at radius 2 is 2.05 bits per heavy atom. The van der Waals surface area contributed by atoms with E-state index in [1.54, 1.807) is 6.07 Å². The maximum Gasteiger partial charge on any atom is 0.329 e. The highest BCUT2D eigenvalue weighted by Gasteiger charge is 2.18. The first-order valence-electron chi connectivity index (χ1n) is 6.69. The normalized spacial score (nSPS) is 14.3. The van der Waals surface area contributed by atoms with E-state index in [1.807, 2.05) is 20.8 Å². The van der Waals surface area contributed by atoms with Crippen molar-refractivity contribution in [3.63, 3.8) is 0 Å². The van der Waals surface area contributed by atoms with Gasteiger partial charge in [0, 0.05) is 22.7 Å². The first-order valence-corrected chi connectivity index (χ1v) is 7.77. The van der Waals surface area contributed by atoms with Gasteiger partial charge in [-0.25, -0.2) is 9.78 Å². The number of aromatic nitrogens is 3. The molecule has 21 heavy (non-hydrogen) atoms. The number of hydrogen-bond acceptors (Lipinski definition) is 5. The summed E-state index contributed by atoms with van der Waals surface area (Å²) >= 11 is 8.70. The lowest BCUT2D eigenvalue weighted by molar-refractivity contribution is 0.535. The molecule has 7 heteroatoms. The number of thiol groups is 2. The molecule has 0 aliphatic rings. The molecule has 2 aromatic rings. The maximum absolute atomic E-state index is 12.5. The van der Waals surface area contributed by atoms with Crippen LogP contribution in [0.5, 0.6) is 0 Å². The van der Waals surface area contributed by atoms with Crippen LogP contribution in [0.3, 0.4) is 0 Å². The third-order valence-electron chi connectivity index (χ3n) is 3.63. The number of aryl methyl sites for hydroxylation is 2. The molecule has 0 saturated heterocycles. The lowest BCUT2D eigenvalue weighted by Gasteiger charge is -2.20. The molecule has 0 saturated carbocycles. The van der Waals surface area contributed by atoms with Gasteiger partial charge in [0.1, 0.15) is 5.65 Å². The van der Waals surface area contributed by atoms with Crippen molar-refractivity contribution in [3.8, 4) is 0 Å². The van der Waals surface area contributed by atoms with Crippen LogP contribution in [-0.4, -0.2) is 25.0 Å². The molecule has 1 atom stereocenters. The third kappa shape index (κ3) is 3.35. The quantitative estimate of drug-likeness (QED) is 0.750. The zero-order chi connectivity index (χ0) is 15.8. The van der Waals surface area contributed by atoms with E-state index in [2.05, 4.69) is 35.2 Å². The summed E-state index contributed by atoms with van der Waals surface area (Å²) in [6.07, 6.45) is 0.576. The number of pyridine rings is 1. The molecule has 0 fully saturated rings. The summed E-state index contributed by atoms with van der Waals surface area (Å²) < 4.78 is 0.877. The summed E-state index contributed by atoms with van der Waals surface area (Å²) in [5.74, 6) is 0.566. The Labute approximate surface area is 133 Å². The monoisotopic (exact) mass is 325 g/mol.